The molecule has 0 bridgehead atoms. The van der Waals surface area contributed by atoms with Gasteiger partial charge >= 0.3 is 0 Å². The monoisotopic (exact) mass is 440 g/mol. The van der Waals surface area contributed by atoms with Crippen molar-refractivity contribution >= 4 is 11.8 Å². The van der Waals surface area contributed by atoms with Gasteiger partial charge in [-0.05, 0) is 49.4 Å². The molecule has 0 aliphatic rings. The number of carbonyl (C=O) groups excluding carboxylic acids is 2. The average Bonchev–Trinajstić information content (AvgIpc) is 2.82. The van der Waals surface area contributed by atoms with E-state index in [2.05, 4.69) is 5.32 Å². The minimum Gasteiger partial charge on any atom is -0.493 e. The molecule has 0 spiro atoms. The van der Waals surface area contributed by atoms with Crippen LogP contribution < -0.4 is 14.8 Å². The fourth-order valence-corrected chi connectivity index (χ4v) is 3.57. The summed E-state index contributed by atoms with van der Waals surface area (Å²) in [7, 11) is 3.19. The Bertz CT molecular complexity index is 869. The highest BCUT2D eigenvalue weighted by Crippen LogP contribution is 2.28. The van der Waals surface area contributed by atoms with Crippen LogP contribution in [0.2, 0.25) is 0 Å². The normalized spacial score (nSPS) is 12.5. The zero-order chi connectivity index (χ0) is 23.5. The van der Waals surface area contributed by atoms with Crippen molar-refractivity contribution in [2.75, 3.05) is 14.2 Å². The van der Waals surface area contributed by atoms with Gasteiger partial charge < -0.3 is 19.7 Å². The standard InChI is InChI=1S/C26H36N2O4/c1-6-19(3)27-26(30)22(7-2)28(18-21-11-9-8-10-12-21)25(29)16-14-20-13-15-23(31-4)24(17-20)32-5/h8-13,15,17,19,22H,6-7,14,16,18H2,1-5H3,(H,27,30)/t19-,22-/m0/s1. The molecule has 1 N–H and O–H groups in total. The van der Waals surface area contributed by atoms with Crippen molar-refractivity contribution in [3.63, 3.8) is 0 Å². The van der Waals surface area contributed by atoms with Crippen molar-refractivity contribution in [2.24, 2.45) is 0 Å². The molecule has 0 aliphatic carbocycles. The molecule has 2 aromatic carbocycles. The van der Waals surface area contributed by atoms with E-state index in [0.29, 0.717) is 37.3 Å². The first kappa shape index (κ1) is 25.2. The van der Waals surface area contributed by atoms with Gasteiger partial charge in [-0.2, -0.15) is 0 Å². The Hall–Kier alpha value is -3.02. The SMILES string of the molecule is CC[C@H](C)NC(=O)[C@H](CC)N(Cc1ccccc1)C(=O)CCc1ccc(OC)c(OC)c1. The number of ether oxygens (including phenoxy) is 2. The quantitative estimate of drug-likeness (QED) is 0.533. The Labute approximate surface area is 191 Å². The molecule has 0 saturated heterocycles. The van der Waals surface area contributed by atoms with Gasteiger partial charge in [-0.15, -0.1) is 0 Å². The molecule has 0 saturated carbocycles. The van der Waals surface area contributed by atoms with Crippen LogP contribution in [0.25, 0.3) is 0 Å². The summed E-state index contributed by atoms with van der Waals surface area (Å²) in [4.78, 5) is 28.0. The summed E-state index contributed by atoms with van der Waals surface area (Å²) in [6.07, 6.45) is 2.24. The van der Waals surface area contributed by atoms with Crippen LogP contribution in [0.1, 0.15) is 51.2 Å². The molecule has 32 heavy (non-hydrogen) atoms. The lowest BCUT2D eigenvalue weighted by molar-refractivity contribution is -0.141. The first-order chi connectivity index (χ1) is 15.4. The van der Waals surface area contributed by atoms with Gasteiger partial charge in [0.05, 0.1) is 14.2 Å². The summed E-state index contributed by atoms with van der Waals surface area (Å²) >= 11 is 0. The minimum atomic E-state index is -0.512. The highest BCUT2D eigenvalue weighted by molar-refractivity contribution is 5.88. The van der Waals surface area contributed by atoms with Gasteiger partial charge in [0.15, 0.2) is 11.5 Å². The summed E-state index contributed by atoms with van der Waals surface area (Å²) in [5, 5.41) is 3.04. The Morgan fingerprint density at radius 1 is 0.938 bits per heavy atom. The molecular formula is C26H36N2O4. The molecule has 0 radical (unpaired) electrons. The van der Waals surface area contributed by atoms with E-state index in [-0.39, 0.29) is 17.9 Å². The largest absolute Gasteiger partial charge is 0.493 e. The highest BCUT2D eigenvalue weighted by Gasteiger charge is 2.29. The second-order valence-electron chi connectivity index (χ2n) is 7.94. The summed E-state index contributed by atoms with van der Waals surface area (Å²) in [6.45, 7) is 6.35. The van der Waals surface area contributed by atoms with E-state index in [0.717, 1.165) is 17.5 Å². The molecule has 2 aromatic rings. The minimum absolute atomic E-state index is 0.0465. The third-order valence-corrected chi connectivity index (χ3v) is 5.66. The molecule has 0 heterocycles. The van der Waals surface area contributed by atoms with E-state index in [1.807, 2.05) is 69.3 Å². The molecule has 174 valence electrons. The van der Waals surface area contributed by atoms with Crippen LogP contribution in [0, 0.1) is 0 Å². The Balaban J connectivity index is 2.20. The maximum absolute atomic E-state index is 13.3. The van der Waals surface area contributed by atoms with E-state index >= 15 is 0 Å². The first-order valence-corrected chi connectivity index (χ1v) is 11.3. The van der Waals surface area contributed by atoms with Crippen LogP contribution in [0.4, 0.5) is 0 Å². The fourth-order valence-electron chi connectivity index (χ4n) is 3.57. The lowest BCUT2D eigenvalue weighted by Crippen LogP contribution is -2.50. The Morgan fingerprint density at radius 2 is 1.62 bits per heavy atom. The van der Waals surface area contributed by atoms with E-state index in [4.69, 9.17) is 9.47 Å². The number of nitrogens with one attached hydrogen (secondary N) is 1. The summed E-state index contributed by atoms with van der Waals surface area (Å²) in [5.74, 6) is 1.14. The lowest BCUT2D eigenvalue weighted by Gasteiger charge is -2.31. The predicted molar refractivity (Wildman–Crippen MR) is 127 cm³/mol. The van der Waals surface area contributed by atoms with Gasteiger partial charge in [0.1, 0.15) is 6.04 Å². The van der Waals surface area contributed by atoms with E-state index in [9.17, 15) is 9.59 Å². The van der Waals surface area contributed by atoms with Crippen LogP contribution in [0.5, 0.6) is 11.5 Å². The summed E-state index contributed by atoms with van der Waals surface area (Å²) in [6, 6.07) is 15.0. The molecule has 2 atom stereocenters. The molecule has 0 unspecified atom stereocenters. The number of rotatable bonds is 12. The van der Waals surface area contributed by atoms with Gasteiger partial charge in [0.25, 0.3) is 0 Å². The van der Waals surface area contributed by atoms with Gasteiger partial charge in [-0.3, -0.25) is 9.59 Å². The topological polar surface area (TPSA) is 67.9 Å². The van der Waals surface area contributed by atoms with Crippen LogP contribution in [-0.2, 0) is 22.6 Å². The number of amides is 2. The number of carbonyl (C=O) groups is 2. The predicted octanol–water partition coefficient (Wildman–Crippen LogP) is 4.36. The summed E-state index contributed by atoms with van der Waals surface area (Å²) < 4.78 is 10.7. The van der Waals surface area contributed by atoms with Crippen molar-refractivity contribution < 1.29 is 19.1 Å². The molecule has 6 nitrogen and oxygen atoms in total. The maximum atomic E-state index is 13.3. The molecular weight excluding hydrogens is 404 g/mol. The molecule has 0 fully saturated rings. The lowest BCUT2D eigenvalue weighted by atomic mass is 10.1. The smallest absolute Gasteiger partial charge is 0.243 e. The van der Waals surface area contributed by atoms with E-state index in [1.54, 1.807) is 19.1 Å². The maximum Gasteiger partial charge on any atom is 0.243 e. The fraction of sp³-hybridized carbons (Fsp3) is 0.462. The third kappa shape index (κ3) is 7.01. The number of methoxy groups -OCH3 is 2. The third-order valence-electron chi connectivity index (χ3n) is 5.66. The summed E-state index contributed by atoms with van der Waals surface area (Å²) in [5.41, 5.74) is 1.98. The second-order valence-corrected chi connectivity index (χ2v) is 7.94. The number of hydrogen-bond donors (Lipinski definition) is 1. The Morgan fingerprint density at radius 3 is 2.22 bits per heavy atom. The number of nitrogens with zero attached hydrogens (tertiary/aromatic N) is 1. The number of hydrogen-bond acceptors (Lipinski definition) is 4. The Kier molecular flexibility index (Phi) is 10.1. The van der Waals surface area contributed by atoms with Crippen molar-refractivity contribution in [1.29, 1.82) is 0 Å². The highest BCUT2D eigenvalue weighted by atomic mass is 16.5. The van der Waals surface area contributed by atoms with Crippen LogP contribution >= 0.6 is 0 Å². The number of aryl methyl sites for hydroxylation is 1. The average molecular weight is 441 g/mol. The second kappa shape index (κ2) is 12.7. The molecule has 0 aliphatic heterocycles. The van der Waals surface area contributed by atoms with Crippen molar-refractivity contribution in [1.82, 2.24) is 10.2 Å². The van der Waals surface area contributed by atoms with Crippen LogP contribution in [0.3, 0.4) is 0 Å². The van der Waals surface area contributed by atoms with E-state index < -0.39 is 6.04 Å². The van der Waals surface area contributed by atoms with Gasteiger partial charge in [-0.1, -0.05) is 50.2 Å². The van der Waals surface area contributed by atoms with E-state index in [1.165, 1.54) is 0 Å². The first-order valence-electron chi connectivity index (χ1n) is 11.3. The number of benzene rings is 2. The van der Waals surface area contributed by atoms with Gasteiger partial charge in [-0.25, -0.2) is 0 Å². The van der Waals surface area contributed by atoms with Gasteiger partial charge in [0.2, 0.25) is 11.8 Å². The molecule has 6 heteroatoms. The zero-order valence-electron chi connectivity index (χ0n) is 19.9. The van der Waals surface area contributed by atoms with Crippen molar-refractivity contribution in [3.05, 3.63) is 59.7 Å². The van der Waals surface area contributed by atoms with Gasteiger partial charge in [0, 0.05) is 19.0 Å². The van der Waals surface area contributed by atoms with Crippen LogP contribution in [-0.4, -0.2) is 43.0 Å². The van der Waals surface area contributed by atoms with Crippen molar-refractivity contribution in [2.45, 2.75) is 65.1 Å². The molecule has 0 aromatic heterocycles. The molecule has 2 rings (SSSR count). The molecule has 2 amide bonds. The van der Waals surface area contributed by atoms with Crippen LogP contribution in [0.15, 0.2) is 48.5 Å². The van der Waals surface area contributed by atoms with Crippen molar-refractivity contribution in [3.8, 4) is 11.5 Å². The zero-order valence-corrected chi connectivity index (χ0v) is 19.9.